The molecule has 17 heavy (non-hydrogen) atoms. The molecule has 0 aromatic heterocycles. The van der Waals surface area contributed by atoms with Gasteiger partial charge in [0.15, 0.2) is 0 Å². The molecule has 2 aliphatic rings. The Morgan fingerprint density at radius 3 is 2.53 bits per heavy atom. The Hall–Kier alpha value is -1.35. The van der Waals surface area contributed by atoms with Gasteiger partial charge in [-0.05, 0) is 31.5 Å². The highest BCUT2D eigenvalue weighted by Gasteiger charge is 2.50. The summed E-state index contributed by atoms with van der Waals surface area (Å²) in [5.41, 5.74) is 1.40. The first kappa shape index (κ1) is 10.8. The van der Waals surface area contributed by atoms with Crippen LogP contribution in [0.15, 0.2) is 30.3 Å². The Bertz CT molecular complexity index is 409. The van der Waals surface area contributed by atoms with Crippen LogP contribution in [0.4, 0.5) is 0 Å². The van der Waals surface area contributed by atoms with E-state index < -0.39 is 0 Å². The number of amides is 1. The van der Waals surface area contributed by atoms with Crippen molar-refractivity contribution in [1.82, 2.24) is 10.2 Å². The van der Waals surface area contributed by atoms with Gasteiger partial charge >= 0.3 is 0 Å². The van der Waals surface area contributed by atoms with Crippen LogP contribution in [0.25, 0.3) is 0 Å². The molecular weight excluding hydrogens is 212 g/mol. The number of rotatable bonds is 2. The molecule has 0 aliphatic carbocycles. The molecule has 2 heterocycles. The lowest BCUT2D eigenvalue weighted by atomic mass is 9.76. The quantitative estimate of drug-likeness (QED) is 0.782. The van der Waals surface area contributed by atoms with Gasteiger partial charge in [-0.2, -0.15) is 0 Å². The van der Waals surface area contributed by atoms with Crippen molar-refractivity contribution in [3.05, 3.63) is 35.9 Å². The van der Waals surface area contributed by atoms with Gasteiger partial charge in [0, 0.05) is 6.54 Å². The second-order valence-corrected chi connectivity index (χ2v) is 5.12. The molecule has 0 radical (unpaired) electrons. The number of hydrogen-bond acceptors (Lipinski definition) is 2. The molecule has 1 aromatic carbocycles. The highest BCUT2D eigenvalue weighted by molar-refractivity contribution is 5.85. The van der Waals surface area contributed by atoms with Crippen molar-refractivity contribution in [2.75, 3.05) is 13.1 Å². The SMILES string of the molecule is O=C1CC2(CCNCC2)N1Cc1ccccc1. The van der Waals surface area contributed by atoms with Crippen LogP contribution in [0, 0.1) is 0 Å². The smallest absolute Gasteiger partial charge is 0.225 e. The second-order valence-electron chi connectivity index (χ2n) is 5.12. The Labute approximate surface area is 102 Å². The zero-order valence-electron chi connectivity index (χ0n) is 9.98. The number of hydrogen-bond donors (Lipinski definition) is 1. The minimum atomic E-state index is 0.165. The molecule has 2 fully saturated rings. The van der Waals surface area contributed by atoms with Crippen LogP contribution in [0.5, 0.6) is 0 Å². The van der Waals surface area contributed by atoms with Gasteiger partial charge < -0.3 is 10.2 Å². The average molecular weight is 230 g/mol. The number of carbonyl (C=O) groups excluding carboxylic acids is 1. The summed E-state index contributed by atoms with van der Waals surface area (Å²) in [7, 11) is 0. The fourth-order valence-electron chi connectivity index (χ4n) is 3.01. The number of piperidine rings is 1. The highest BCUT2D eigenvalue weighted by Crippen LogP contribution is 2.40. The van der Waals surface area contributed by atoms with E-state index >= 15 is 0 Å². The summed E-state index contributed by atoms with van der Waals surface area (Å²) in [5, 5.41) is 3.37. The second kappa shape index (κ2) is 4.15. The predicted octanol–water partition coefficient (Wildman–Crippen LogP) is 1.54. The first-order valence-corrected chi connectivity index (χ1v) is 6.35. The van der Waals surface area contributed by atoms with Gasteiger partial charge in [-0.3, -0.25) is 4.79 Å². The van der Waals surface area contributed by atoms with Crippen LogP contribution in [0.1, 0.15) is 24.8 Å². The summed E-state index contributed by atoms with van der Waals surface area (Å²) in [4.78, 5) is 13.9. The molecule has 1 amide bonds. The van der Waals surface area contributed by atoms with Gasteiger partial charge in [0.1, 0.15) is 0 Å². The zero-order valence-corrected chi connectivity index (χ0v) is 9.98. The maximum absolute atomic E-state index is 11.8. The molecule has 0 bridgehead atoms. The fourth-order valence-corrected chi connectivity index (χ4v) is 3.01. The molecule has 1 spiro atoms. The standard InChI is InChI=1S/C14H18N2O/c17-13-10-14(6-8-15-9-7-14)16(13)11-12-4-2-1-3-5-12/h1-5,15H,6-11H2. The molecule has 0 atom stereocenters. The molecule has 1 N–H and O–H groups in total. The Morgan fingerprint density at radius 2 is 1.88 bits per heavy atom. The number of carbonyl (C=O) groups is 1. The first-order chi connectivity index (χ1) is 8.30. The number of nitrogens with zero attached hydrogens (tertiary/aromatic N) is 1. The third-order valence-electron chi connectivity index (χ3n) is 4.07. The molecule has 1 aromatic rings. The number of benzene rings is 1. The summed E-state index contributed by atoms with van der Waals surface area (Å²) in [5.74, 6) is 0.316. The van der Waals surface area contributed by atoms with E-state index in [-0.39, 0.29) is 5.54 Å². The summed E-state index contributed by atoms with van der Waals surface area (Å²) >= 11 is 0. The normalized spacial score (nSPS) is 22.6. The molecule has 0 unspecified atom stereocenters. The van der Waals surface area contributed by atoms with Crippen molar-refractivity contribution >= 4 is 5.91 Å². The Morgan fingerprint density at radius 1 is 1.18 bits per heavy atom. The molecule has 2 aliphatic heterocycles. The number of likely N-dealkylation sites (tertiary alicyclic amines) is 1. The number of nitrogens with one attached hydrogen (secondary N) is 1. The van der Waals surface area contributed by atoms with Gasteiger partial charge in [0.2, 0.25) is 5.91 Å². The van der Waals surface area contributed by atoms with Crippen molar-refractivity contribution in [1.29, 1.82) is 0 Å². The van der Waals surface area contributed by atoms with Crippen molar-refractivity contribution < 1.29 is 4.79 Å². The minimum Gasteiger partial charge on any atom is -0.332 e. The molecule has 0 saturated carbocycles. The van der Waals surface area contributed by atoms with E-state index in [2.05, 4.69) is 22.3 Å². The summed E-state index contributed by atoms with van der Waals surface area (Å²) < 4.78 is 0. The third-order valence-corrected chi connectivity index (χ3v) is 4.07. The maximum atomic E-state index is 11.8. The lowest BCUT2D eigenvalue weighted by molar-refractivity contribution is -0.161. The van der Waals surface area contributed by atoms with E-state index in [9.17, 15) is 4.79 Å². The summed E-state index contributed by atoms with van der Waals surface area (Å²) in [6.45, 7) is 2.86. The third kappa shape index (κ3) is 1.84. The van der Waals surface area contributed by atoms with Gasteiger partial charge in [-0.15, -0.1) is 0 Å². The molecular formula is C14H18N2O. The van der Waals surface area contributed by atoms with Crippen LogP contribution < -0.4 is 5.32 Å². The Kier molecular flexibility index (Phi) is 2.63. The molecule has 3 heteroatoms. The zero-order chi connectivity index (χ0) is 11.7. The highest BCUT2D eigenvalue weighted by atomic mass is 16.2. The van der Waals surface area contributed by atoms with E-state index in [0.717, 1.165) is 38.9 Å². The van der Waals surface area contributed by atoms with E-state index in [1.165, 1.54) is 5.56 Å². The van der Waals surface area contributed by atoms with Crippen molar-refractivity contribution in [2.24, 2.45) is 0 Å². The monoisotopic (exact) mass is 230 g/mol. The maximum Gasteiger partial charge on any atom is 0.225 e. The van der Waals surface area contributed by atoms with Crippen LogP contribution >= 0.6 is 0 Å². The van der Waals surface area contributed by atoms with E-state index in [0.29, 0.717) is 5.91 Å². The topological polar surface area (TPSA) is 32.3 Å². The summed E-state index contributed by atoms with van der Waals surface area (Å²) in [6, 6.07) is 10.3. The molecule has 2 saturated heterocycles. The molecule has 3 rings (SSSR count). The van der Waals surface area contributed by atoms with Crippen LogP contribution in [0.2, 0.25) is 0 Å². The van der Waals surface area contributed by atoms with Gasteiger partial charge in [0.25, 0.3) is 0 Å². The largest absolute Gasteiger partial charge is 0.332 e. The average Bonchev–Trinajstić information content (AvgIpc) is 2.39. The molecule has 3 nitrogen and oxygen atoms in total. The first-order valence-electron chi connectivity index (χ1n) is 6.35. The van der Waals surface area contributed by atoms with Crippen LogP contribution in [0.3, 0.4) is 0 Å². The van der Waals surface area contributed by atoms with E-state index in [1.807, 2.05) is 18.2 Å². The number of β-lactam (4-membered cyclic amide) rings is 1. The van der Waals surface area contributed by atoms with Crippen molar-refractivity contribution in [3.63, 3.8) is 0 Å². The van der Waals surface area contributed by atoms with Gasteiger partial charge in [-0.25, -0.2) is 0 Å². The summed E-state index contributed by atoms with van der Waals surface area (Å²) in [6.07, 6.45) is 2.96. The lowest BCUT2D eigenvalue weighted by Gasteiger charge is -2.54. The minimum absolute atomic E-state index is 0.165. The van der Waals surface area contributed by atoms with Crippen LogP contribution in [-0.2, 0) is 11.3 Å². The van der Waals surface area contributed by atoms with Crippen molar-refractivity contribution in [2.45, 2.75) is 31.3 Å². The van der Waals surface area contributed by atoms with E-state index in [1.54, 1.807) is 0 Å². The van der Waals surface area contributed by atoms with E-state index in [4.69, 9.17) is 0 Å². The van der Waals surface area contributed by atoms with Gasteiger partial charge in [0.05, 0.1) is 12.0 Å². The van der Waals surface area contributed by atoms with Gasteiger partial charge in [-0.1, -0.05) is 30.3 Å². The molecule has 90 valence electrons. The lowest BCUT2D eigenvalue weighted by Crippen LogP contribution is -2.66. The van der Waals surface area contributed by atoms with Crippen LogP contribution in [-0.4, -0.2) is 29.4 Å². The predicted molar refractivity (Wildman–Crippen MR) is 66.4 cm³/mol. The fraction of sp³-hybridized carbons (Fsp3) is 0.500. The Balaban J connectivity index is 1.75. The van der Waals surface area contributed by atoms with Crippen molar-refractivity contribution in [3.8, 4) is 0 Å².